The molecular formula is C14H21ClO. The first kappa shape index (κ1) is 13.5. The molecule has 0 amide bonds. The lowest BCUT2D eigenvalue weighted by atomic mass is 9.86. The summed E-state index contributed by atoms with van der Waals surface area (Å²) in [5.74, 6) is 0.910. The molecule has 0 heterocycles. The van der Waals surface area contributed by atoms with E-state index in [1.165, 1.54) is 18.4 Å². The van der Waals surface area contributed by atoms with Crippen molar-refractivity contribution < 1.29 is 5.11 Å². The predicted molar refractivity (Wildman–Crippen MR) is 69.8 cm³/mol. The molecule has 0 saturated heterocycles. The summed E-state index contributed by atoms with van der Waals surface area (Å²) in [5.41, 5.74) is 1.22. The van der Waals surface area contributed by atoms with E-state index in [2.05, 4.69) is 19.9 Å². The summed E-state index contributed by atoms with van der Waals surface area (Å²) in [6.45, 7) is 4.66. The van der Waals surface area contributed by atoms with Gasteiger partial charge in [-0.05, 0) is 36.0 Å². The van der Waals surface area contributed by atoms with Crippen molar-refractivity contribution in [3.05, 3.63) is 34.9 Å². The number of aliphatic hydroxyl groups is 1. The van der Waals surface area contributed by atoms with E-state index in [1.807, 2.05) is 18.2 Å². The van der Waals surface area contributed by atoms with Crippen LogP contribution in [0.2, 0.25) is 5.02 Å². The molecule has 1 nitrogen and oxygen atoms in total. The number of benzene rings is 1. The fraction of sp³-hybridized carbons (Fsp3) is 0.571. The maximum absolute atomic E-state index is 9.42. The van der Waals surface area contributed by atoms with Crippen LogP contribution in [0.5, 0.6) is 0 Å². The molecule has 0 aliphatic carbocycles. The molecule has 2 heteroatoms. The average molecular weight is 241 g/mol. The molecule has 2 unspecified atom stereocenters. The summed E-state index contributed by atoms with van der Waals surface area (Å²) in [5, 5.41) is 10.2. The zero-order valence-corrected chi connectivity index (χ0v) is 10.9. The molecular weight excluding hydrogens is 220 g/mol. The van der Waals surface area contributed by atoms with Crippen LogP contribution in [0, 0.1) is 11.8 Å². The molecule has 2 atom stereocenters. The summed E-state index contributed by atoms with van der Waals surface area (Å²) in [7, 11) is 0. The lowest BCUT2D eigenvalue weighted by Crippen LogP contribution is -2.18. The van der Waals surface area contributed by atoms with Crippen molar-refractivity contribution in [2.75, 3.05) is 6.61 Å². The largest absolute Gasteiger partial charge is 0.396 e. The third-order valence-corrected chi connectivity index (χ3v) is 3.41. The second-order valence-electron chi connectivity index (χ2n) is 4.54. The van der Waals surface area contributed by atoms with Gasteiger partial charge in [0.15, 0.2) is 0 Å². The van der Waals surface area contributed by atoms with Gasteiger partial charge in [-0.3, -0.25) is 0 Å². The molecule has 0 fully saturated rings. The van der Waals surface area contributed by atoms with Gasteiger partial charge >= 0.3 is 0 Å². The third-order valence-electron chi connectivity index (χ3n) is 3.17. The van der Waals surface area contributed by atoms with Gasteiger partial charge in [0, 0.05) is 11.6 Å². The molecule has 1 N–H and O–H groups in total. The summed E-state index contributed by atoms with van der Waals surface area (Å²) >= 11 is 5.95. The third kappa shape index (κ3) is 4.15. The predicted octanol–water partition coefficient (Wildman–Crippen LogP) is 3.93. The van der Waals surface area contributed by atoms with Gasteiger partial charge in [-0.1, -0.05) is 50.4 Å². The average Bonchev–Trinajstić information content (AvgIpc) is 2.26. The van der Waals surface area contributed by atoms with E-state index in [0.717, 1.165) is 11.4 Å². The SMILES string of the molecule is CCCC(C)C(CO)Cc1cccc(Cl)c1. The zero-order valence-electron chi connectivity index (χ0n) is 10.1. The van der Waals surface area contributed by atoms with Crippen molar-refractivity contribution in [2.45, 2.75) is 33.1 Å². The Bertz CT molecular complexity index is 311. The first-order valence-corrected chi connectivity index (χ1v) is 6.40. The summed E-state index contributed by atoms with van der Waals surface area (Å²) in [6, 6.07) is 7.92. The summed E-state index contributed by atoms with van der Waals surface area (Å²) in [4.78, 5) is 0. The topological polar surface area (TPSA) is 20.2 Å². The highest BCUT2D eigenvalue weighted by atomic mass is 35.5. The first-order chi connectivity index (χ1) is 7.67. The second kappa shape index (κ2) is 6.93. The van der Waals surface area contributed by atoms with Crippen LogP contribution in [-0.2, 0) is 6.42 Å². The summed E-state index contributed by atoms with van der Waals surface area (Å²) in [6.07, 6.45) is 3.26. The van der Waals surface area contributed by atoms with Crippen LogP contribution in [0.3, 0.4) is 0 Å². The van der Waals surface area contributed by atoms with E-state index in [1.54, 1.807) is 0 Å². The van der Waals surface area contributed by atoms with E-state index < -0.39 is 0 Å². The number of rotatable bonds is 6. The number of hydrogen-bond acceptors (Lipinski definition) is 1. The zero-order chi connectivity index (χ0) is 12.0. The molecule has 1 aromatic carbocycles. The van der Waals surface area contributed by atoms with E-state index in [9.17, 15) is 5.11 Å². The lowest BCUT2D eigenvalue weighted by molar-refractivity contribution is 0.176. The van der Waals surface area contributed by atoms with Gasteiger partial charge in [-0.25, -0.2) is 0 Å². The maximum Gasteiger partial charge on any atom is 0.0464 e. The lowest BCUT2D eigenvalue weighted by Gasteiger charge is -2.21. The Morgan fingerprint density at radius 3 is 2.69 bits per heavy atom. The molecule has 0 saturated carbocycles. The standard InChI is InChI=1S/C14H21ClO/c1-3-5-11(2)13(10-16)8-12-6-4-7-14(15)9-12/h4,6-7,9,11,13,16H,3,5,8,10H2,1-2H3. The van der Waals surface area contributed by atoms with Crippen molar-refractivity contribution in [1.29, 1.82) is 0 Å². The quantitative estimate of drug-likeness (QED) is 0.799. The minimum atomic E-state index is 0.258. The van der Waals surface area contributed by atoms with E-state index in [0.29, 0.717) is 11.8 Å². The summed E-state index contributed by atoms with van der Waals surface area (Å²) < 4.78 is 0. The van der Waals surface area contributed by atoms with Crippen LogP contribution in [0.1, 0.15) is 32.3 Å². The van der Waals surface area contributed by atoms with Gasteiger partial charge in [0.2, 0.25) is 0 Å². The monoisotopic (exact) mass is 240 g/mol. The molecule has 0 radical (unpaired) electrons. The molecule has 0 aliphatic heterocycles. The number of aliphatic hydroxyl groups excluding tert-OH is 1. The highest BCUT2D eigenvalue weighted by Crippen LogP contribution is 2.22. The van der Waals surface area contributed by atoms with Gasteiger partial charge in [-0.2, -0.15) is 0 Å². The molecule has 0 aliphatic rings. The van der Waals surface area contributed by atoms with E-state index >= 15 is 0 Å². The number of hydrogen-bond donors (Lipinski definition) is 1. The smallest absolute Gasteiger partial charge is 0.0464 e. The van der Waals surface area contributed by atoms with Crippen LogP contribution in [-0.4, -0.2) is 11.7 Å². The molecule has 90 valence electrons. The van der Waals surface area contributed by atoms with Gasteiger partial charge in [0.1, 0.15) is 0 Å². The normalized spacial score (nSPS) is 14.8. The van der Waals surface area contributed by atoms with Crippen molar-refractivity contribution in [2.24, 2.45) is 11.8 Å². The fourth-order valence-corrected chi connectivity index (χ4v) is 2.32. The first-order valence-electron chi connectivity index (χ1n) is 6.02. The van der Waals surface area contributed by atoms with Crippen molar-refractivity contribution in [3.63, 3.8) is 0 Å². The molecule has 1 aromatic rings. The van der Waals surface area contributed by atoms with Gasteiger partial charge < -0.3 is 5.11 Å². The fourth-order valence-electron chi connectivity index (χ4n) is 2.10. The highest BCUT2D eigenvalue weighted by Gasteiger charge is 2.16. The van der Waals surface area contributed by atoms with Gasteiger partial charge in [0.05, 0.1) is 0 Å². The Kier molecular flexibility index (Phi) is 5.86. The van der Waals surface area contributed by atoms with Crippen molar-refractivity contribution in [1.82, 2.24) is 0 Å². The minimum Gasteiger partial charge on any atom is -0.396 e. The minimum absolute atomic E-state index is 0.258. The highest BCUT2D eigenvalue weighted by molar-refractivity contribution is 6.30. The van der Waals surface area contributed by atoms with Crippen LogP contribution in [0.25, 0.3) is 0 Å². The van der Waals surface area contributed by atoms with Gasteiger partial charge in [0.25, 0.3) is 0 Å². The van der Waals surface area contributed by atoms with E-state index in [4.69, 9.17) is 11.6 Å². The van der Waals surface area contributed by atoms with Crippen molar-refractivity contribution >= 4 is 11.6 Å². The Hall–Kier alpha value is -0.530. The van der Waals surface area contributed by atoms with Crippen molar-refractivity contribution in [3.8, 4) is 0 Å². The van der Waals surface area contributed by atoms with Crippen LogP contribution < -0.4 is 0 Å². The molecule has 0 bridgehead atoms. The van der Waals surface area contributed by atoms with Crippen LogP contribution >= 0.6 is 11.6 Å². The Morgan fingerprint density at radius 1 is 1.38 bits per heavy atom. The van der Waals surface area contributed by atoms with Crippen LogP contribution in [0.15, 0.2) is 24.3 Å². The molecule has 0 spiro atoms. The molecule has 1 rings (SSSR count). The van der Waals surface area contributed by atoms with Crippen LogP contribution in [0.4, 0.5) is 0 Å². The molecule has 0 aromatic heterocycles. The van der Waals surface area contributed by atoms with Gasteiger partial charge in [-0.15, -0.1) is 0 Å². The molecule has 16 heavy (non-hydrogen) atoms. The second-order valence-corrected chi connectivity index (χ2v) is 4.98. The number of halogens is 1. The Morgan fingerprint density at radius 2 is 2.12 bits per heavy atom. The van der Waals surface area contributed by atoms with E-state index in [-0.39, 0.29) is 6.61 Å². The Labute approximate surface area is 103 Å². The Balaban J connectivity index is 2.62. The maximum atomic E-state index is 9.42.